The van der Waals surface area contributed by atoms with Crippen molar-refractivity contribution in [1.82, 2.24) is 10.3 Å². The highest BCUT2D eigenvalue weighted by atomic mass is 35.5. The van der Waals surface area contributed by atoms with E-state index in [2.05, 4.69) is 10.3 Å². The molecule has 88 valence electrons. The lowest BCUT2D eigenvalue weighted by Crippen LogP contribution is -2.05. The minimum atomic E-state index is -0.415. The van der Waals surface area contributed by atoms with Gasteiger partial charge in [-0.1, -0.05) is 17.7 Å². The molecule has 0 radical (unpaired) electrons. The molecule has 0 saturated carbocycles. The van der Waals surface area contributed by atoms with Gasteiger partial charge in [0.25, 0.3) is 0 Å². The minimum absolute atomic E-state index is 0.114. The van der Waals surface area contributed by atoms with Gasteiger partial charge in [-0.2, -0.15) is 0 Å². The molecule has 2 rings (SSSR count). The lowest BCUT2D eigenvalue weighted by molar-refractivity contribution is 0.628. The maximum atomic E-state index is 13.0. The van der Waals surface area contributed by atoms with E-state index in [1.807, 2.05) is 19.2 Å². The zero-order chi connectivity index (χ0) is 12.3. The van der Waals surface area contributed by atoms with Crippen LogP contribution in [0.1, 0.15) is 5.56 Å². The molecule has 2 aromatic rings. The summed E-state index contributed by atoms with van der Waals surface area (Å²) < 4.78 is 13.0. The van der Waals surface area contributed by atoms with E-state index in [9.17, 15) is 4.39 Å². The third-order valence-electron chi connectivity index (χ3n) is 2.42. The molecule has 0 amide bonds. The topological polar surface area (TPSA) is 24.9 Å². The maximum absolute atomic E-state index is 13.0. The number of pyridine rings is 1. The lowest BCUT2D eigenvalue weighted by Gasteiger charge is -2.04. The second-order valence-corrected chi connectivity index (χ2v) is 4.12. The van der Waals surface area contributed by atoms with Gasteiger partial charge in [0.2, 0.25) is 0 Å². The molecule has 0 aliphatic carbocycles. The Balaban J connectivity index is 2.30. The summed E-state index contributed by atoms with van der Waals surface area (Å²) >= 11 is 5.73. The molecule has 17 heavy (non-hydrogen) atoms. The summed E-state index contributed by atoms with van der Waals surface area (Å²) in [7, 11) is 1.88. The van der Waals surface area contributed by atoms with Crippen LogP contribution in [0.5, 0.6) is 0 Å². The van der Waals surface area contributed by atoms with Crippen LogP contribution in [0.25, 0.3) is 11.3 Å². The van der Waals surface area contributed by atoms with Gasteiger partial charge in [0.05, 0.1) is 10.7 Å². The quantitative estimate of drug-likeness (QED) is 0.905. The number of nitrogens with zero attached hydrogens (tertiary/aromatic N) is 1. The highest BCUT2D eigenvalue weighted by Gasteiger charge is 2.04. The van der Waals surface area contributed by atoms with Gasteiger partial charge in [-0.05, 0) is 36.9 Å². The van der Waals surface area contributed by atoms with Crippen LogP contribution in [-0.4, -0.2) is 12.0 Å². The summed E-state index contributed by atoms with van der Waals surface area (Å²) in [5, 5.41) is 3.16. The SMILES string of the molecule is CNCc1ccc(-c2ccc(F)c(Cl)c2)nc1. The average molecular weight is 251 g/mol. The highest BCUT2D eigenvalue weighted by molar-refractivity contribution is 6.31. The monoisotopic (exact) mass is 250 g/mol. The summed E-state index contributed by atoms with van der Waals surface area (Å²) in [4.78, 5) is 4.32. The molecule has 2 nitrogen and oxygen atoms in total. The van der Waals surface area contributed by atoms with Gasteiger partial charge in [-0.25, -0.2) is 4.39 Å². The van der Waals surface area contributed by atoms with E-state index in [-0.39, 0.29) is 5.02 Å². The number of halogens is 2. The highest BCUT2D eigenvalue weighted by Crippen LogP contribution is 2.23. The van der Waals surface area contributed by atoms with E-state index in [0.29, 0.717) is 0 Å². The van der Waals surface area contributed by atoms with Gasteiger partial charge in [-0.15, -0.1) is 0 Å². The van der Waals surface area contributed by atoms with Crippen LogP contribution < -0.4 is 5.32 Å². The standard InChI is InChI=1S/C13H12ClFN2/c1-16-7-9-2-5-13(17-8-9)10-3-4-12(15)11(14)6-10/h2-6,8,16H,7H2,1H3. The fraction of sp³-hybridized carbons (Fsp3) is 0.154. The van der Waals surface area contributed by atoms with E-state index in [0.717, 1.165) is 23.4 Å². The van der Waals surface area contributed by atoms with Gasteiger partial charge in [0.15, 0.2) is 0 Å². The van der Waals surface area contributed by atoms with E-state index in [1.165, 1.54) is 6.07 Å². The molecule has 0 atom stereocenters. The normalized spacial score (nSPS) is 10.5. The number of rotatable bonds is 3. The molecule has 0 bridgehead atoms. The Morgan fingerprint density at radius 1 is 1.29 bits per heavy atom. The van der Waals surface area contributed by atoms with Crippen LogP contribution in [0.3, 0.4) is 0 Å². The van der Waals surface area contributed by atoms with Crippen molar-refractivity contribution in [1.29, 1.82) is 0 Å². The van der Waals surface area contributed by atoms with E-state index in [1.54, 1.807) is 18.3 Å². The first-order valence-electron chi connectivity index (χ1n) is 5.25. The second-order valence-electron chi connectivity index (χ2n) is 3.71. The number of aromatic nitrogens is 1. The van der Waals surface area contributed by atoms with Crippen molar-refractivity contribution in [3.8, 4) is 11.3 Å². The average Bonchev–Trinajstić information content (AvgIpc) is 2.34. The summed E-state index contributed by atoms with van der Waals surface area (Å²) in [6.45, 7) is 0.775. The van der Waals surface area contributed by atoms with Gasteiger partial charge < -0.3 is 5.32 Å². The second kappa shape index (κ2) is 5.25. The third kappa shape index (κ3) is 2.81. The number of hydrogen-bond donors (Lipinski definition) is 1. The van der Waals surface area contributed by atoms with Crippen molar-refractivity contribution in [2.75, 3.05) is 7.05 Å². The molecule has 4 heteroatoms. The molecule has 1 heterocycles. The molecule has 1 aromatic heterocycles. The van der Waals surface area contributed by atoms with Crippen LogP contribution >= 0.6 is 11.6 Å². The Morgan fingerprint density at radius 3 is 2.71 bits per heavy atom. The van der Waals surface area contributed by atoms with Crippen molar-refractivity contribution in [3.05, 3.63) is 52.9 Å². The fourth-order valence-electron chi connectivity index (χ4n) is 1.56. The fourth-order valence-corrected chi connectivity index (χ4v) is 1.74. The number of hydrogen-bond acceptors (Lipinski definition) is 2. The molecule has 0 aliphatic rings. The van der Waals surface area contributed by atoms with Crippen molar-refractivity contribution in [2.45, 2.75) is 6.54 Å². The molecule has 0 aliphatic heterocycles. The molecule has 1 aromatic carbocycles. The predicted molar refractivity (Wildman–Crippen MR) is 67.4 cm³/mol. The summed E-state index contributed by atoms with van der Waals surface area (Å²) in [6.07, 6.45) is 1.79. The summed E-state index contributed by atoms with van der Waals surface area (Å²) in [5.74, 6) is -0.415. The maximum Gasteiger partial charge on any atom is 0.141 e. The third-order valence-corrected chi connectivity index (χ3v) is 2.71. The number of nitrogens with one attached hydrogen (secondary N) is 1. The summed E-state index contributed by atoms with van der Waals surface area (Å²) in [5.41, 5.74) is 2.70. The molecular formula is C13H12ClFN2. The zero-order valence-electron chi connectivity index (χ0n) is 9.37. The Hall–Kier alpha value is -1.45. The van der Waals surface area contributed by atoms with Crippen molar-refractivity contribution in [2.24, 2.45) is 0 Å². The van der Waals surface area contributed by atoms with Gasteiger partial charge in [-0.3, -0.25) is 4.98 Å². The Labute approximate surface area is 104 Å². The summed E-state index contributed by atoms with van der Waals surface area (Å²) in [6, 6.07) is 8.48. The molecule has 0 saturated heterocycles. The lowest BCUT2D eigenvalue weighted by atomic mass is 10.1. The Bertz CT molecular complexity index is 511. The molecule has 0 unspecified atom stereocenters. The Morgan fingerprint density at radius 2 is 2.12 bits per heavy atom. The van der Waals surface area contributed by atoms with Crippen LogP contribution in [0.15, 0.2) is 36.5 Å². The Kier molecular flexibility index (Phi) is 3.71. The first-order valence-corrected chi connectivity index (χ1v) is 5.63. The van der Waals surface area contributed by atoms with Crippen LogP contribution in [0, 0.1) is 5.82 Å². The van der Waals surface area contributed by atoms with E-state index >= 15 is 0 Å². The smallest absolute Gasteiger partial charge is 0.141 e. The van der Waals surface area contributed by atoms with Crippen molar-refractivity contribution >= 4 is 11.6 Å². The first-order chi connectivity index (χ1) is 8.20. The van der Waals surface area contributed by atoms with Crippen LogP contribution in [-0.2, 0) is 6.54 Å². The largest absolute Gasteiger partial charge is 0.316 e. The van der Waals surface area contributed by atoms with E-state index < -0.39 is 5.82 Å². The van der Waals surface area contributed by atoms with Gasteiger partial charge in [0, 0.05) is 18.3 Å². The first kappa shape index (κ1) is 12.0. The van der Waals surface area contributed by atoms with Gasteiger partial charge >= 0.3 is 0 Å². The predicted octanol–water partition coefficient (Wildman–Crippen LogP) is 3.26. The van der Waals surface area contributed by atoms with Crippen LogP contribution in [0.2, 0.25) is 5.02 Å². The van der Waals surface area contributed by atoms with Crippen molar-refractivity contribution in [3.63, 3.8) is 0 Å². The van der Waals surface area contributed by atoms with Crippen LogP contribution in [0.4, 0.5) is 4.39 Å². The molecule has 1 N–H and O–H groups in total. The van der Waals surface area contributed by atoms with Crippen molar-refractivity contribution < 1.29 is 4.39 Å². The molecular weight excluding hydrogens is 239 g/mol. The molecule has 0 fully saturated rings. The molecule has 0 spiro atoms. The zero-order valence-corrected chi connectivity index (χ0v) is 10.1. The minimum Gasteiger partial charge on any atom is -0.316 e. The number of benzene rings is 1. The van der Waals surface area contributed by atoms with E-state index in [4.69, 9.17) is 11.6 Å². The van der Waals surface area contributed by atoms with Gasteiger partial charge in [0.1, 0.15) is 5.82 Å².